The molecule has 0 aromatic heterocycles. The first-order valence-electron chi connectivity index (χ1n) is 7.45. The van der Waals surface area contributed by atoms with Crippen molar-refractivity contribution < 1.29 is 14.3 Å². The highest BCUT2D eigenvalue weighted by Crippen LogP contribution is 2.29. The highest BCUT2D eigenvalue weighted by atomic mass is 16.5. The second-order valence-corrected chi connectivity index (χ2v) is 5.52. The fourth-order valence-corrected chi connectivity index (χ4v) is 2.12. The van der Waals surface area contributed by atoms with E-state index in [0.717, 1.165) is 52.4 Å². The summed E-state index contributed by atoms with van der Waals surface area (Å²) in [5, 5.41) is 2.94. The van der Waals surface area contributed by atoms with E-state index in [2.05, 4.69) is 10.2 Å². The van der Waals surface area contributed by atoms with Gasteiger partial charge in [0.15, 0.2) is 0 Å². The van der Waals surface area contributed by atoms with Crippen molar-refractivity contribution in [3.63, 3.8) is 0 Å². The summed E-state index contributed by atoms with van der Waals surface area (Å²) in [6.45, 7) is 8.01. The molecule has 1 saturated carbocycles. The molecule has 2 rings (SSSR count). The monoisotopic (exact) mass is 270 g/mol. The van der Waals surface area contributed by atoms with Crippen molar-refractivity contribution >= 4 is 5.91 Å². The number of hydrogen-bond donors (Lipinski definition) is 1. The van der Waals surface area contributed by atoms with Crippen LogP contribution >= 0.6 is 0 Å². The second-order valence-electron chi connectivity index (χ2n) is 5.52. The molecule has 1 saturated heterocycles. The molecule has 1 aliphatic carbocycles. The summed E-state index contributed by atoms with van der Waals surface area (Å²) < 4.78 is 10.8. The number of ether oxygens (including phenoxy) is 2. The first kappa shape index (κ1) is 14.8. The molecule has 2 aliphatic rings. The number of carbonyl (C=O) groups excluding carboxylic acids is 1. The summed E-state index contributed by atoms with van der Waals surface area (Å²) in [4.78, 5) is 14.1. The topological polar surface area (TPSA) is 50.8 Å². The minimum Gasteiger partial charge on any atom is -0.379 e. The van der Waals surface area contributed by atoms with Crippen LogP contribution in [-0.4, -0.2) is 62.9 Å². The van der Waals surface area contributed by atoms with Crippen LogP contribution in [-0.2, 0) is 14.3 Å². The summed E-state index contributed by atoms with van der Waals surface area (Å²) in [6, 6.07) is 0. The summed E-state index contributed by atoms with van der Waals surface area (Å²) in [5.74, 6) is 0.721. The van der Waals surface area contributed by atoms with Gasteiger partial charge in [-0.1, -0.05) is 0 Å². The normalized spacial score (nSPS) is 22.2. The lowest BCUT2D eigenvalue weighted by molar-refractivity contribution is -0.132. The fraction of sp³-hybridized carbons (Fsp3) is 0.929. The minimum absolute atomic E-state index is 0.0163. The van der Waals surface area contributed by atoms with E-state index in [-0.39, 0.29) is 12.0 Å². The van der Waals surface area contributed by atoms with Gasteiger partial charge in [0.05, 0.1) is 19.8 Å². The molecule has 0 aromatic rings. The van der Waals surface area contributed by atoms with E-state index in [1.807, 2.05) is 6.92 Å². The third-order valence-corrected chi connectivity index (χ3v) is 3.70. The van der Waals surface area contributed by atoms with Crippen molar-refractivity contribution in [1.82, 2.24) is 10.2 Å². The molecule has 0 spiro atoms. The average molecular weight is 270 g/mol. The van der Waals surface area contributed by atoms with Crippen LogP contribution < -0.4 is 5.32 Å². The molecule has 1 heterocycles. The third kappa shape index (κ3) is 5.89. The molecule has 1 unspecified atom stereocenters. The zero-order valence-corrected chi connectivity index (χ0v) is 11.9. The van der Waals surface area contributed by atoms with Crippen molar-refractivity contribution in [1.29, 1.82) is 0 Å². The van der Waals surface area contributed by atoms with Gasteiger partial charge in [0, 0.05) is 19.6 Å². The van der Waals surface area contributed by atoms with E-state index < -0.39 is 0 Å². The maximum Gasteiger partial charge on any atom is 0.248 e. The molecule has 1 amide bonds. The van der Waals surface area contributed by atoms with Gasteiger partial charge in [-0.25, -0.2) is 0 Å². The Morgan fingerprint density at radius 3 is 2.84 bits per heavy atom. The SMILES string of the molecule is CC(OCC1CC1)C(=O)NCCCN1CCOCC1. The van der Waals surface area contributed by atoms with Crippen LogP contribution in [0, 0.1) is 5.92 Å². The van der Waals surface area contributed by atoms with E-state index >= 15 is 0 Å². The predicted molar refractivity (Wildman–Crippen MR) is 73.0 cm³/mol. The minimum atomic E-state index is -0.316. The molecule has 19 heavy (non-hydrogen) atoms. The van der Waals surface area contributed by atoms with Crippen LogP contribution in [0.15, 0.2) is 0 Å². The summed E-state index contributed by atoms with van der Waals surface area (Å²) in [6.07, 6.45) is 3.19. The molecule has 0 radical (unpaired) electrons. The zero-order valence-electron chi connectivity index (χ0n) is 11.9. The highest BCUT2D eigenvalue weighted by Gasteiger charge is 2.23. The number of amides is 1. The van der Waals surface area contributed by atoms with Crippen LogP contribution in [0.1, 0.15) is 26.2 Å². The van der Waals surface area contributed by atoms with Crippen LogP contribution in [0.4, 0.5) is 0 Å². The number of nitrogens with zero attached hydrogens (tertiary/aromatic N) is 1. The fourth-order valence-electron chi connectivity index (χ4n) is 2.12. The van der Waals surface area contributed by atoms with Crippen LogP contribution in [0.3, 0.4) is 0 Å². The van der Waals surface area contributed by atoms with Gasteiger partial charge < -0.3 is 14.8 Å². The maximum atomic E-state index is 11.8. The molecule has 110 valence electrons. The number of carbonyl (C=O) groups is 1. The summed E-state index contributed by atoms with van der Waals surface area (Å²) in [7, 11) is 0. The van der Waals surface area contributed by atoms with Gasteiger partial charge in [0.1, 0.15) is 6.10 Å². The lowest BCUT2D eigenvalue weighted by Crippen LogP contribution is -2.39. The van der Waals surface area contributed by atoms with Crippen molar-refractivity contribution in [2.24, 2.45) is 5.92 Å². The Bertz CT molecular complexity index is 276. The number of rotatable bonds is 8. The quantitative estimate of drug-likeness (QED) is 0.658. The Kier molecular flexibility index (Phi) is 6.07. The smallest absolute Gasteiger partial charge is 0.248 e. The van der Waals surface area contributed by atoms with Gasteiger partial charge in [0.2, 0.25) is 5.91 Å². The van der Waals surface area contributed by atoms with Gasteiger partial charge in [-0.3, -0.25) is 9.69 Å². The van der Waals surface area contributed by atoms with Crippen molar-refractivity contribution in [3.8, 4) is 0 Å². The zero-order chi connectivity index (χ0) is 13.5. The molecule has 1 N–H and O–H groups in total. The molecular weight excluding hydrogens is 244 g/mol. The first-order valence-corrected chi connectivity index (χ1v) is 7.45. The van der Waals surface area contributed by atoms with E-state index in [9.17, 15) is 4.79 Å². The van der Waals surface area contributed by atoms with Crippen LogP contribution in [0.2, 0.25) is 0 Å². The summed E-state index contributed by atoms with van der Waals surface area (Å²) >= 11 is 0. The van der Waals surface area contributed by atoms with Gasteiger partial charge in [-0.15, -0.1) is 0 Å². The molecule has 0 bridgehead atoms. The Balaban J connectivity index is 1.47. The van der Waals surface area contributed by atoms with Gasteiger partial charge in [-0.05, 0) is 38.6 Å². The molecule has 2 fully saturated rings. The molecule has 1 aliphatic heterocycles. The Hall–Kier alpha value is -0.650. The Labute approximate surface area is 115 Å². The lowest BCUT2D eigenvalue weighted by atomic mass is 10.3. The Morgan fingerprint density at radius 1 is 1.42 bits per heavy atom. The molecule has 1 atom stereocenters. The maximum absolute atomic E-state index is 11.8. The van der Waals surface area contributed by atoms with E-state index in [4.69, 9.17) is 9.47 Å². The highest BCUT2D eigenvalue weighted by molar-refractivity contribution is 5.80. The van der Waals surface area contributed by atoms with Crippen molar-refractivity contribution in [3.05, 3.63) is 0 Å². The number of nitrogens with one attached hydrogen (secondary N) is 1. The van der Waals surface area contributed by atoms with E-state index in [1.165, 1.54) is 12.8 Å². The van der Waals surface area contributed by atoms with Gasteiger partial charge in [-0.2, -0.15) is 0 Å². The molecular formula is C14H26N2O3. The van der Waals surface area contributed by atoms with Gasteiger partial charge >= 0.3 is 0 Å². The average Bonchev–Trinajstić information content (AvgIpc) is 3.26. The van der Waals surface area contributed by atoms with Crippen LogP contribution in [0.25, 0.3) is 0 Å². The number of morpholine rings is 1. The molecule has 0 aromatic carbocycles. The van der Waals surface area contributed by atoms with Crippen LogP contribution in [0.5, 0.6) is 0 Å². The first-order chi connectivity index (χ1) is 9.25. The van der Waals surface area contributed by atoms with Crippen molar-refractivity contribution in [2.75, 3.05) is 46.0 Å². The largest absolute Gasteiger partial charge is 0.379 e. The Morgan fingerprint density at radius 2 is 2.16 bits per heavy atom. The third-order valence-electron chi connectivity index (χ3n) is 3.70. The summed E-state index contributed by atoms with van der Waals surface area (Å²) in [5.41, 5.74) is 0. The number of hydrogen-bond acceptors (Lipinski definition) is 4. The van der Waals surface area contributed by atoms with E-state index in [0.29, 0.717) is 5.92 Å². The lowest BCUT2D eigenvalue weighted by Gasteiger charge is -2.26. The standard InChI is InChI=1S/C14H26N2O3/c1-12(19-11-13-3-4-13)14(17)15-5-2-6-16-7-9-18-10-8-16/h12-13H,2-11H2,1H3,(H,15,17). The molecule has 5 nitrogen and oxygen atoms in total. The second kappa shape index (κ2) is 7.82. The predicted octanol–water partition coefficient (Wildman–Crippen LogP) is 0.640. The van der Waals surface area contributed by atoms with Crippen molar-refractivity contribution in [2.45, 2.75) is 32.3 Å². The van der Waals surface area contributed by atoms with E-state index in [1.54, 1.807) is 0 Å². The molecule has 5 heteroatoms. The van der Waals surface area contributed by atoms with Gasteiger partial charge in [0.25, 0.3) is 0 Å².